The molecule has 0 heterocycles. The molecular weight excluding hydrogens is 396 g/mol. The molecule has 0 bridgehead atoms. The van der Waals surface area contributed by atoms with E-state index in [2.05, 4.69) is 10.6 Å². The van der Waals surface area contributed by atoms with Crippen molar-refractivity contribution >= 4 is 28.9 Å². The number of hydrogen-bond donors (Lipinski definition) is 2. The molecule has 0 aliphatic carbocycles. The van der Waals surface area contributed by atoms with Gasteiger partial charge in [-0.05, 0) is 48.6 Å². The summed E-state index contributed by atoms with van der Waals surface area (Å²) in [4.78, 5) is 12.6. The monoisotopic (exact) mass is 420 g/mol. The maximum absolute atomic E-state index is 12.6. The fourth-order valence-corrected chi connectivity index (χ4v) is 2.64. The minimum Gasteiger partial charge on any atom is -0.493 e. The number of rotatable bonds is 9. The Morgan fingerprint density at radius 3 is 2.07 bits per heavy atom. The molecule has 9 heteroatoms. The number of amides is 1. The summed E-state index contributed by atoms with van der Waals surface area (Å²) < 4.78 is 26.2. The molecule has 0 saturated heterocycles. The van der Waals surface area contributed by atoms with E-state index in [9.17, 15) is 4.79 Å². The van der Waals surface area contributed by atoms with Crippen LogP contribution in [0.2, 0.25) is 0 Å². The van der Waals surface area contributed by atoms with Crippen LogP contribution in [0.1, 0.15) is 10.4 Å². The van der Waals surface area contributed by atoms with Gasteiger partial charge in [-0.3, -0.25) is 10.1 Å². The number of hydrogen-bond acceptors (Lipinski definition) is 7. The van der Waals surface area contributed by atoms with Crippen LogP contribution in [0.25, 0.3) is 0 Å². The van der Waals surface area contributed by atoms with E-state index in [4.69, 9.17) is 35.9 Å². The van der Waals surface area contributed by atoms with Crippen molar-refractivity contribution in [1.82, 2.24) is 5.32 Å². The highest BCUT2D eigenvalue weighted by molar-refractivity contribution is 7.80. The lowest BCUT2D eigenvalue weighted by Gasteiger charge is -2.15. The van der Waals surface area contributed by atoms with Gasteiger partial charge in [0.05, 0.1) is 27.9 Å². The lowest BCUT2D eigenvalue weighted by molar-refractivity contribution is 0.0977. The Morgan fingerprint density at radius 2 is 1.55 bits per heavy atom. The summed E-state index contributed by atoms with van der Waals surface area (Å²) in [5.41, 5.74) is 1.02. The minimum absolute atomic E-state index is 0.150. The van der Waals surface area contributed by atoms with Crippen molar-refractivity contribution in [3.63, 3.8) is 0 Å². The second kappa shape index (κ2) is 11.1. The Balaban J connectivity index is 2.01. The van der Waals surface area contributed by atoms with Gasteiger partial charge in [0, 0.05) is 18.4 Å². The predicted octanol–water partition coefficient (Wildman–Crippen LogP) is 2.86. The minimum atomic E-state index is -0.415. The summed E-state index contributed by atoms with van der Waals surface area (Å²) in [6.45, 7) is 0.976. The molecule has 0 saturated carbocycles. The number of carbonyl (C=O) groups is 1. The standard InChI is InChI=1S/C20H24N2O6S/c1-24-9-10-28-15-7-5-14(6-8-15)21-20(29)22-19(23)13-11-16(25-2)18(27-4)17(12-13)26-3/h5-8,11-12H,9-10H2,1-4H3,(H2,21,22,23,29). The van der Waals surface area contributed by atoms with E-state index in [-0.39, 0.29) is 5.11 Å². The lowest BCUT2D eigenvalue weighted by atomic mass is 10.1. The van der Waals surface area contributed by atoms with Crippen molar-refractivity contribution < 1.29 is 28.5 Å². The van der Waals surface area contributed by atoms with Crippen LogP contribution in [0, 0.1) is 0 Å². The van der Waals surface area contributed by atoms with Gasteiger partial charge >= 0.3 is 0 Å². The predicted molar refractivity (Wildman–Crippen MR) is 114 cm³/mol. The average Bonchev–Trinajstić information content (AvgIpc) is 2.73. The topological polar surface area (TPSA) is 87.3 Å². The molecule has 0 fully saturated rings. The molecule has 1 amide bonds. The van der Waals surface area contributed by atoms with E-state index in [1.54, 1.807) is 43.5 Å². The van der Waals surface area contributed by atoms with Gasteiger partial charge in [-0.2, -0.15) is 0 Å². The normalized spacial score (nSPS) is 10.1. The Hall–Kier alpha value is -3.04. The van der Waals surface area contributed by atoms with Crippen LogP contribution >= 0.6 is 12.2 Å². The molecule has 8 nitrogen and oxygen atoms in total. The molecule has 0 atom stereocenters. The van der Waals surface area contributed by atoms with Gasteiger partial charge < -0.3 is 29.0 Å². The largest absolute Gasteiger partial charge is 0.493 e. The van der Waals surface area contributed by atoms with Gasteiger partial charge in [-0.1, -0.05) is 0 Å². The first-order chi connectivity index (χ1) is 14.0. The van der Waals surface area contributed by atoms with E-state index in [0.29, 0.717) is 47.5 Å². The Morgan fingerprint density at radius 1 is 0.931 bits per heavy atom. The first-order valence-electron chi connectivity index (χ1n) is 8.66. The number of ether oxygens (including phenoxy) is 5. The number of nitrogens with one attached hydrogen (secondary N) is 2. The first kappa shape index (κ1) is 22.3. The van der Waals surface area contributed by atoms with Gasteiger partial charge in [-0.15, -0.1) is 0 Å². The molecule has 156 valence electrons. The van der Waals surface area contributed by atoms with Crippen LogP contribution in [0.3, 0.4) is 0 Å². The van der Waals surface area contributed by atoms with Crippen LogP contribution < -0.4 is 29.6 Å². The number of thiocarbonyl (C=S) groups is 1. The van der Waals surface area contributed by atoms with Crippen molar-refractivity contribution in [2.24, 2.45) is 0 Å². The summed E-state index contributed by atoms with van der Waals surface area (Å²) in [5, 5.41) is 5.72. The van der Waals surface area contributed by atoms with Crippen LogP contribution in [-0.4, -0.2) is 52.7 Å². The highest BCUT2D eigenvalue weighted by Gasteiger charge is 2.17. The summed E-state index contributed by atoms with van der Waals surface area (Å²) in [7, 11) is 6.07. The molecule has 0 aliphatic rings. The molecular formula is C20H24N2O6S. The van der Waals surface area contributed by atoms with Crippen LogP contribution in [0.4, 0.5) is 5.69 Å². The van der Waals surface area contributed by atoms with Gasteiger partial charge in [0.25, 0.3) is 5.91 Å². The Kier molecular flexibility index (Phi) is 8.50. The number of methoxy groups -OCH3 is 4. The molecule has 2 aromatic rings. The zero-order valence-corrected chi connectivity index (χ0v) is 17.6. The maximum Gasteiger partial charge on any atom is 0.257 e. The summed E-state index contributed by atoms with van der Waals surface area (Å²) >= 11 is 5.22. The number of anilines is 1. The van der Waals surface area contributed by atoms with Crippen molar-refractivity contribution in [3.05, 3.63) is 42.0 Å². The second-order valence-electron chi connectivity index (χ2n) is 5.69. The zero-order chi connectivity index (χ0) is 21.2. The first-order valence-corrected chi connectivity index (χ1v) is 9.07. The summed E-state index contributed by atoms with van der Waals surface area (Å²) in [6, 6.07) is 10.3. The molecule has 2 aromatic carbocycles. The van der Waals surface area contributed by atoms with Gasteiger partial charge in [-0.25, -0.2) is 0 Å². The number of carbonyl (C=O) groups excluding carboxylic acids is 1. The van der Waals surface area contributed by atoms with Crippen LogP contribution in [0.5, 0.6) is 23.0 Å². The molecule has 2 N–H and O–H groups in total. The van der Waals surface area contributed by atoms with E-state index in [1.165, 1.54) is 21.3 Å². The third-order valence-electron chi connectivity index (χ3n) is 3.82. The second-order valence-corrected chi connectivity index (χ2v) is 6.10. The number of benzene rings is 2. The third-order valence-corrected chi connectivity index (χ3v) is 4.03. The lowest BCUT2D eigenvalue weighted by Crippen LogP contribution is -2.34. The maximum atomic E-state index is 12.6. The quantitative estimate of drug-likeness (QED) is 0.473. The highest BCUT2D eigenvalue weighted by Crippen LogP contribution is 2.38. The molecule has 0 aliphatic heterocycles. The summed E-state index contributed by atoms with van der Waals surface area (Å²) in [6.07, 6.45) is 0. The van der Waals surface area contributed by atoms with Gasteiger partial charge in [0.2, 0.25) is 5.75 Å². The summed E-state index contributed by atoms with van der Waals surface area (Å²) in [5.74, 6) is 1.45. The van der Waals surface area contributed by atoms with Crippen molar-refractivity contribution in [2.45, 2.75) is 0 Å². The SMILES string of the molecule is COCCOc1ccc(NC(=S)NC(=O)c2cc(OC)c(OC)c(OC)c2)cc1. The van der Waals surface area contributed by atoms with E-state index < -0.39 is 5.91 Å². The van der Waals surface area contributed by atoms with Gasteiger partial charge in [0.1, 0.15) is 12.4 Å². The van der Waals surface area contributed by atoms with E-state index in [1.807, 2.05) is 0 Å². The van der Waals surface area contributed by atoms with Gasteiger partial charge in [0.15, 0.2) is 16.6 Å². The third kappa shape index (κ3) is 6.23. The van der Waals surface area contributed by atoms with E-state index in [0.717, 1.165) is 0 Å². The Labute approximate surface area is 175 Å². The smallest absolute Gasteiger partial charge is 0.257 e. The molecule has 0 unspecified atom stereocenters. The highest BCUT2D eigenvalue weighted by atomic mass is 32.1. The van der Waals surface area contributed by atoms with Crippen LogP contribution in [0.15, 0.2) is 36.4 Å². The molecule has 29 heavy (non-hydrogen) atoms. The van der Waals surface area contributed by atoms with Crippen molar-refractivity contribution in [2.75, 3.05) is 47.0 Å². The Bertz CT molecular complexity index is 816. The molecule has 0 radical (unpaired) electrons. The van der Waals surface area contributed by atoms with Crippen LogP contribution in [-0.2, 0) is 4.74 Å². The zero-order valence-electron chi connectivity index (χ0n) is 16.7. The van der Waals surface area contributed by atoms with E-state index >= 15 is 0 Å². The fraction of sp³-hybridized carbons (Fsp3) is 0.300. The molecule has 2 rings (SSSR count). The molecule has 0 spiro atoms. The molecule has 0 aromatic heterocycles. The fourth-order valence-electron chi connectivity index (χ4n) is 2.43. The van der Waals surface area contributed by atoms with Crippen molar-refractivity contribution in [1.29, 1.82) is 0 Å². The average molecular weight is 420 g/mol. The van der Waals surface area contributed by atoms with Crippen molar-refractivity contribution in [3.8, 4) is 23.0 Å².